The first-order chi connectivity index (χ1) is 30.8. The first-order valence-corrected chi connectivity index (χ1v) is 21.1. The van der Waals surface area contributed by atoms with E-state index in [2.05, 4.69) is 81.1 Å². The number of furan rings is 2. The Kier molecular flexibility index (Phi) is 8.37. The molecule has 6 heterocycles. The summed E-state index contributed by atoms with van der Waals surface area (Å²) in [4.78, 5) is 32.4. The number of hydrogen-bond donors (Lipinski definition) is 2. The zero-order valence-corrected chi connectivity index (χ0v) is 34.6. The molecule has 4 aromatic heterocycles. The first kappa shape index (κ1) is 36.8. The molecule has 10 nitrogen and oxygen atoms in total. The molecule has 0 saturated heterocycles. The molecule has 0 atom stereocenters. The molecule has 10 heteroatoms. The maximum Gasteiger partial charge on any atom is 0.348 e. The topological polar surface area (TPSA) is 117 Å². The Hall–Kier alpha value is -7.98. The number of aryl methyl sites for hydroxylation is 2. The molecule has 10 aromatic rings. The van der Waals surface area contributed by atoms with E-state index in [1.165, 1.54) is 0 Å². The molecule has 2 N–H and O–H groups in total. The van der Waals surface area contributed by atoms with Gasteiger partial charge in [-0.1, -0.05) is 96.1 Å². The highest BCUT2D eigenvalue weighted by Crippen LogP contribution is 2.46. The Balaban J connectivity index is 0.933. The first-order valence-electron chi connectivity index (χ1n) is 21.1. The van der Waals surface area contributed by atoms with Crippen LogP contribution in [0.3, 0.4) is 0 Å². The number of anilines is 4. The maximum atomic E-state index is 13.8. The van der Waals surface area contributed by atoms with E-state index < -0.39 is 11.3 Å². The van der Waals surface area contributed by atoms with Crippen LogP contribution in [0, 0.1) is 13.8 Å². The molecule has 308 valence electrons. The van der Waals surface area contributed by atoms with Gasteiger partial charge < -0.3 is 38.1 Å². The molecule has 0 saturated carbocycles. The van der Waals surface area contributed by atoms with E-state index in [0.717, 1.165) is 73.3 Å². The molecule has 0 fully saturated rings. The molecule has 2 aliphatic rings. The van der Waals surface area contributed by atoms with Gasteiger partial charge in [0.2, 0.25) is 11.8 Å². The van der Waals surface area contributed by atoms with Crippen molar-refractivity contribution in [3.63, 3.8) is 0 Å². The van der Waals surface area contributed by atoms with Crippen molar-refractivity contribution < 1.29 is 17.7 Å². The second kappa shape index (κ2) is 14.3. The fourth-order valence-corrected chi connectivity index (χ4v) is 9.50. The normalized spacial score (nSPS) is 13.2. The van der Waals surface area contributed by atoms with E-state index in [1.807, 2.05) is 86.6 Å². The van der Waals surface area contributed by atoms with Gasteiger partial charge in [0.1, 0.15) is 21.9 Å². The van der Waals surface area contributed by atoms with E-state index in [0.29, 0.717) is 82.2 Å². The molecule has 0 amide bonds. The summed E-state index contributed by atoms with van der Waals surface area (Å²) in [5.74, 6) is 1.04. The smallest absolute Gasteiger partial charge is 0.348 e. The molecule has 0 spiro atoms. The SMILES string of the molecule is Cc1ccc2oc(=O)c3c(-c4ccc5c(c4)CN4CN5Cc5cc(-c6c(NCc7ccccc7)oc7c6c(=O)oc6ccc(C)cc67)ccc54)c(NCc4ccccc4)oc3c2c1. The highest BCUT2D eigenvalue weighted by Gasteiger charge is 2.32. The molecule has 6 aromatic carbocycles. The summed E-state index contributed by atoms with van der Waals surface area (Å²) in [6.45, 7) is 7.09. The van der Waals surface area contributed by atoms with Crippen molar-refractivity contribution in [2.75, 3.05) is 27.1 Å². The number of nitrogens with one attached hydrogen (secondary N) is 2. The van der Waals surface area contributed by atoms with E-state index in [1.54, 1.807) is 0 Å². The lowest BCUT2D eigenvalue weighted by Gasteiger charge is -2.45. The minimum atomic E-state index is -0.440. The van der Waals surface area contributed by atoms with Crippen molar-refractivity contribution in [1.29, 1.82) is 0 Å². The van der Waals surface area contributed by atoms with Gasteiger partial charge in [-0.2, -0.15) is 0 Å². The average Bonchev–Trinajstić information content (AvgIpc) is 3.89. The number of benzene rings is 6. The van der Waals surface area contributed by atoms with Gasteiger partial charge in [-0.3, -0.25) is 0 Å². The lowest BCUT2D eigenvalue weighted by atomic mass is 9.94. The summed E-state index contributed by atoms with van der Waals surface area (Å²) in [7, 11) is 0. The molecule has 2 aliphatic heterocycles. The van der Waals surface area contributed by atoms with Crippen LogP contribution in [0.15, 0.2) is 161 Å². The molecular formula is C53H40N4O6. The van der Waals surface area contributed by atoms with Crippen LogP contribution in [0.5, 0.6) is 0 Å². The molecule has 63 heavy (non-hydrogen) atoms. The summed E-state index contributed by atoms with van der Waals surface area (Å²) < 4.78 is 25.1. The monoisotopic (exact) mass is 828 g/mol. The summed E-state index contributed by atoms with van der Waals surface area (Å²) in [5.41, 5.74) is 13.0. The summed E-state index contributed by atoms with van der Waals surface area (Å²) in [6.07, 6.45) is 0. The van der Waals surface area contributed by atoms with Gasteiger partial charge in [-0.25, -0.2) is 9.59 Å². The Morgan fingerprint density at radius 1 is 0.508 bits per heavy atom. The van der Waals surface area contributed by atoms with Crippen LogP contribution in [-0.2, 0) is 26.2 Å². The molecule has 2 bridgehead atoms. The summed E-state index contributed by atoms with van der Waals surface area (Å²) in [6, 6.07) is 44.6. The van der Waals surface area contributed by atoms with Crippen molar-refractivity contribution in [2.24, 2.45) is 0 Å². The van der Waals surface area contributed by atoms with Crippen LogP contribution < -0.4 is 31.7 Å². The van der Waals surface area contributed by atoms with Crippen LogP contribution in [0.2, 0.25) is 0 Å². The predicted octanol–water partition coefficient (Wildman–Crippen LogP) is 11.9. The van der Waals surface area contributed by atoms with Crippen LogP contribution in [-0.4, -0.2) is 6.67 Å². The molecular weight excluding hydrogens is 789 g/mol. The van der Waals surface area contributed by atoms with Crippen molar-refractivity contribution in [3.8, 4) is 22.3 Å². The third-order valence-electron chi connectivity index (χ3n) is 12.5. The maximum absolute atomic E-state index is 13.8. The second-order valence-electron chi connectivity index (χ2n) is 16.7. The second-order valence-corrected chi connectivity index (χ2v) is 16.7. The quantitative estimate of drug-likeness (QED) is 0.143. The standard InChI is InChI=1S/C53H40N4O6/c1-30-13-19-42-38(21-30)48-46(52(58)60-42)44(50(62-48)54-25-32-9-5-3-6-10-32)34-15-17-40-36(23-34)27-56-29-57(40)28-37-24-35(16-18-41(37)56)45-47-49(39-22-31(2)14-20-43(39)61-53(47)59)63-51(45)55-26-33-11-7-4-8-12-33/h3-24,54-55H,25-29H2,1-2H3. The number of hydrogen-bond acceptors (Lipinski definition) is 10. The molecule has 0 radical (unpaired) electrons. The van der Waals surface area contributed by atoms with Crippen LogP contribution >= 0.6 is 0 Å². The molecule has 0 unspecified atom stereocenters. The highest BCUT2D eigenvalue weighted by molar-refractivity contribution is 6.11. The fraction of sp³-hybridized carbons (Fsp3) is 0.132. The van der Waals surface area contributed by atoms with Gasteiger partial charge in [-0.05, 0) is 95.8 Å². The molecule has 0 aliphatic carbocycles. The Morgan fingerprint density at radius 3 is 1.40 bits per heavy atom. The van der Waals surface area contributed by atoms with Gasteiger partial charge in [0.15, 0.2) is 11.2 Å². The summed E-state index contributed by atoms with van der Waals surface area (Å²) >= 11 is 0. The lowest BCUT2D eigenvalue weighted by molar-refractivity contribution is 0.565. The third-order valence-corrected chi connectivity index (χ3v) is 12.5. The minimum absolute atomic E-state index is 0.416. The highest BCUT2D eigenvalue weighted by atomic mass is 16.4. The average molecular weight is 829 g/mol. The Bertz CT molecular complexity index is 3350. The van der Waals surface area contributed by atoms with E-state index in [9.17, 15) is 9.59 Å². The summed E-state index contributed by atoms with van der Waals surface area (Å²) in [5, 5.41) is 9.37. The van der Waals surface area contributed by atoms with Gasteiger partial charge in [-0.15, -0.1) is 0 Å². The van der Waals surface area contributed by atoms with E-state index >= 15 is 0 Å². The predicted molar refractivity (Wildman–Crippen MR) is 250 cm³/mol. The van der Waals surface area contributed by atoms with Crippen molar-refractivity contribution >= 4 is 67.0 Å². The van der Waals surface area contributed by atoms with Gasteiger partial charge in [0, 0.05) is 37.6 Å². The molecule has 12 rings (SSSR count). The van der Waals surface area contributed by atoms with E-state index in [4.69, 9.17) is 17.7 Å². The van der Waals surface area contributed by atoms with Gasteiger partial charge in [0.25, 0.3) is 0 Å². The van der Waals surface area contributed by atoms with Crippen molar-refractivity contribution in [2.45, 2.75) is 40.0 Å². The zero-order chi connectivity index (χ0) is 42.3. The van der Waals surface area contributed by atoms with Crippen molar-refractivity contribution in [3.05, 3.63) is 188 Å². The number of nitrogens with zero attached hydrogens (tertiary/aromatic N) is 2. The minimum Gasteiger partial charge on any atom is -0.439 e. The van der Waals surface area contributed by atoms with E-state index in [-0.39, 0.29) is 0 Å². The van der Waals surface area contributed by atoms with Crippen LogP contribution in [0.1, 0.15) is 33.4 Å². The zero-order valence-electron chi connectivity index (χ0n) is 34.6. The lowest BCUT2D eigenvalue weighted by Crippen LogP contribution is -2.46. The van der Waals surface area contributed by atoms with Crippen molar-refractivity contribution in [1.82, 2.24) is 0 Å². The largest absolute Gasteiger partial charge is 0.439 e. The number of fused-ring (bicyclic) bond motifs is 12. The fourth-order valence-electron chi connectivity index (χ4n) is 9.50. The third kappa shape index (κ3) is 6.16. The Labute approximate surface area is 360 Å². The van der Waals surface area contributed by atoms with Crippen LogP contribution in [0.4, 0.5) is 23.1 Å². The van der Waals surface area contributed by atoms with Gasteiger partial charge in [0.05, 0.1) is 28.6 Å². The number of rotatable bonds is 8. The Morgan fingerprint density at radius 2 is 0.952 bits per heavy atom. The van der Waals surface area contributed by atoms with Gasteiger partial charge >= 0.3 is 11.3 Å². The van der Waals surface area contributed by atoms with Crippen LogP contribution in [0.25, 0.3) is 66.1 Å².